The van der Waals surface area contributed by atoms with Gasteiger partial charge in [0.25, 0.3) is 0 Å². The van der Waals surface area contributed by atoms with Crippen molar-refractivity contribution >= 4 is 0 Å². The molecule has 4 atom stereocenters. The maximum Gasteiger partial charge on any atom is 0.231 e. The third-order valence-corrected chi connectivity index (χ3v) is 6.28. The third-order valence-electron chi connectivity index (χ3n) is 6.28. The molecule has 30 heavy (non-hydrogen) atoms. The van der Waals surface area contributed by atoms with Gasteiger partial charge < -0.3 is 37.9 Å². The summed E-state index contributed by atoms with van der Waals surface area (Å²) in [6.45, 7) is 1.61. The molecule has 4 heterocycles. The molecule has 0 bridgehead atoms. The van der Waals surface area contributed by atoms with Gasteiger partial charge in [-0.2, -0.15) is 0 Å². The van der Waals surface area contributed by atoms with Crippen molar-refractivity contribution in [2.45, 2.75) is 12.2 Å². The molecule has 8 nitrogen and oxygen atoms in total. The Labute approximate surface area is 173 Å². The van der Waals surface area contributed by atoms with E-state index < -0.39 is 0 Å². The van der Waals surface area contributed by atoms with Gasteiger partial charge >= 0.3 is 0 Å². The Bertz CT molecular complexity index is 910. The van der Waals surface area contributed by atoms with Gasteiger partial charge in [0, 0.05) is 11.8 Å². The monoisotopic (exact) mass is 414 g/mol. The molecule has 0 aromatic heterocycles. The van der Waals surface area contributed by atoms with Crippen LogP contribution in [-0.2, 0) is 9.47 Å². The van der Waals surface area contributed by atoms with Crippen molar-refractivity contribution in [2.75, 3.05) is 41.0 Å². The largest absolute Gasteiger partial charge is 0.493 e. The summed E-state index contributed by atoms with van der Waals surface area (Å²) in [5.74, 6) is 4.41. The van der Waals surface area contributed by atoms with Crippen LogP contribution in [0.25, 0.3) is 0 Å². The molecule has 0 radical (unpaired) electrons. The Morgan fingerprint density at radius 2 is 1.13 bits per heavy atom. The predicted octanol–water partition coefficient (Wildman–Crippen LogP) is 3.24. The lowest BCUT2D eigenvalue weighted by molar-refractivity contribution is 0.0190. The maximum absolute atomic E-state index is 6.25. The summed E-state index contributed by atoms with van der Waals surface area (Å²) in [4.78, 5) is 0. The van der Waals surface area contributed by atoms with Gasteiger partial charge in [0.1, 0.15) is 0 Å². The van der Waals surface area contributed by atoms with Crippen LogP contribution < -0.4 is 28.4 Å². The first-order valence-corrected chi connectivity index (χ1v) is 9.95. The quantitative estimate of drug-likeness (QED) is 0.755. The van der Waals surface area contributed by atoms with E-state index in [1.165, 1.54) is 0 Å². The molecule has 0 amide bonds. The normalized spacial score (nSPS) is 27.9. The molecule has 2 aromatic rings. The van der Waals surface area contributed by atoms with E-state index in [2.05, 4.69) is 0 Å². The molecule has 0 unspecified atom stereocenters. The fourth-order valence-corrected chi connectivity index (χ4v) is 4.86. The van der Waals surface area contributed by atoms with Crippen molar-refractivity contribution in [3.8, 4) is 34.5 Å². The molecule has 0 spiro atoms. The van der Waals surface area contributed by atoms with Crippen LogP contribution in [0.5, 0.6) is 34.5 Å². The second kappa shape index (κ2) is 6.85. The van der Waals surface area contributed by atoms with Crippen LogP contribution >= 0.6 is 0 Å². The van der Waals surface area contributed by atoms with Crippen LogP contribution in [0.3, 0.4) is 0 Å². The van der Waals surface area contributed by atoms with Crippen LogP contribution in [0.15, 0.2) is 24.3 Å². The number of hydrogen-bond donors (Lipinski definition) is 0. The number of rotatable bonds is 4. The summed E-state index contributed by atoms with van der Waals surface area (Å²) in [6.07, 6.45) is -0.196. The highest BCUT2D eigenvalue weighted by atomic mass is 16.7. The lowest BCUT2D eigenvalue weighted by atomic mass is 9.84. The van der Waals surface area contributed by atoms with Crippen LogP contribution in [0, 0.1) is 11.8 Å². The molecule has 0 saturated carbocycles. The predicted molar refractivity (Wildman–Crippen MR) is 103 cm³/mol. The summed E-state index contributed by atoms with van der Waals surface area (Å²) < 4.78 is 45.7. The van der Waals surface area contributed by atoms with Crippen molar-refractivity contribution in [2.24, 2.45) is 11.8 Å². The van der Waals surface area contributed by atoms with Crippen LogP contribution in [0.1, 0.15) is 23.3 Å². The smallest absolute Gasteiger partial charge is 0.231 e. The number of benzene rings is 2. The van der Waals surface area contributed by atoms with E-state index in [0.717, 1.165) is 11.1 Å². The molecule has 2 aromatic carbocycles. The molecule has 158 valence electrons. The van der Waals surface area contributed by atoms with Gasteiger partial charge in [0.15, 0.2) is 23.0 Å². The Morgan fingerprint density at radius 1 is 0.667 bits per heavy atom. The highest BCUT2D eigenvalue weighted by Crippen LogP contribution is 2.54. The highest BCUT2D eigenvalue weighted by Gasteiger charge is 2.49. The summed E-state index contributed by atoms with van der Waals surface area (Å²) in [5, 5.41) is 0. The molecule has 0 aliphatic carbocycles. The summed E-state index contributed by atoms with van der Waals surface area (Å²) in [5.41, 5.74) is 2.02. The van der Waals surface area contributed by atoms with Gasteiger partial charge in [0.2, 0.25) is 25.1 Å². The summed E-state index contributed by atoms with van der Waals surface area (Å²) in [6, 6.07) is 7.90. The first-order valence-electron chi connectivity index (χ1n) is 9.95. The van der Waals surface area contributed by atoms with Gasteiger partial charge in [-0.25, -0.2) is 0 Å². The molecular formula is C22H22O8. The number of fused-ring (bicyclic) bond motifs is 3. The number of hydrogen-bond acceptors (Lipinski definition) is 8. The minimum Gasteiger partial charge on any atom is -0.493 e. The Balaban J connectivity index is 1.30. The first kappa shape index (κ1) is 18.0. The molecular weight excluding hydrogens is 392 g/mol. The van der Waals surface area contributed by atoms with Gasteiger partial charge in [-0.05, 0) is 35.4 Å². The Hall–Kier alpha value is -2.84. The van der Waals surface area contributed by atoms with E-state index in [0.29, 0.717) is 47.7 Å². The molecule has 4 aliphatic rings. The SMILES string of the molecule is COc1cc([C@@H]2OC[C@@H]3[C@H]2CO[C@H]3c2cc(OC)c3c(c2)OCO3)cc2c1OCO2. The van der Waals surface area contributed by atoms with Crippen molar-refractivity contribution in [3.05, 3.63) is 35.4 Å². The van der Waals surface area contributed by atoms with Gasteiger partial charge in [0.05, 0.1) is 39.6 Å². The maximum atomic E-state index is 6.25. The molecule has 0 N–H and O–H groups in total. The van der Waals surface area contributed by atoms with Crippen molar-refractivity contribution in [1.29, 1.82) is 0 Å². The van der Waals surface area contributed by atoms with E-state index in [1.54, 1.807) is 14.2 Å². The average Bonchev–Trinajstić information content (AvgIpc) is 3.55. The van der Waals surface area contributed by atoms with Gasteiger partial charge in [-0.15, -0.1) is 0 Å². The topological polar surface area (TPSA) is 73.8 Å². The molecule has 2 fully saturated rings. The number of methoxy groups -OCH3 is 2. The highest BCUT2D eigenvalue weighted by molar-refractivity contribution is 5.57. The summed E-state index contributed by atoms with van der Waals surface area (Å²) in [7, 11) is 3.25. The summed E-state index contributed by atoms with van der Waals surface area (Å²) >= 11 is 0. The van der Waals surface area contributed by atoms with E-state index in [4.69, 9.17) is 37.9 Å². The second-order valence-corrected chi connectivity index (χ2v) is 7.75. The third kappa shape index (κ3) is 2.60. The van der Waals surface area contributed by atoms with Crippen LogP contribution in [0.4, 0.5) is 0 Å². The van der Waals surface area contributed by atoms with Crippen molar-refractivity contribution < 1.29 is 37.9 Å². The average molecular weight is 414 g/mol. The van der Waals surface area contributed by atoms with E-state index in [-0.39, 0.29) is 37.6 Å². The Morgan fingerprint density at radius 3 is 1.57 bits per heavy atom. The lowest BCUT2D eigenvalue weighted by Crippen LogP contribution is -2.14. The van der Waals surface area contributed by atoms with Crippen LogP contribution in [0.2, 0.25) is 0 Å². The first-order chi connectivity index (χ1) is 14.8. The Kier molecular flexibility index (Phi) is 4.10. The van der Waals surface area contributed by atoms with E-state index in [1.807, 2.05) is 24.3 Å². The molecule has 2 saturated heterocycles. The van der Waals surface area contributed by atoms with Gasteiger partial charge in [-0.1, -0.05) is 0 Å². The zero-order valence-electron chi connectivity index (χ0n) is 16.7. The molecule has 8 heteroatoms. The van der Waals surface area contributed by atoms with E-state index in [9.17, 15) is 0 Å². The van der Waals surface area contributed by atoms with Crippen molar-refractivity contribution in [1.82, 2.24) is 0 Å². The zero-order chi connectivity index (χ0) is 20.2. The standard InChI is InChI=1S/C22H22O8/c1-23-15-3-11(5-17-21(15)29-9-27-17)19-13-7-26-20(14(13)8-25-19)12-4-16(24-2)22-18(6-12)28-10-30-22/h3-6,13-14,19-20H,7-10H2,1-2H3/t13-,14-,19+,20+/m1/s1. The van der Waals surface area contributed by atoms with Gasteiger partial charge in [-0.3, -0.25) is 0 Å². The van der Waals surface area contributed by atoms with E-state index >= 15 is 0 Å². The fraction of sp³-hybridized carbons (Fsp3) is 0.455. The van der Waals surface area contributed by atoms with Crippen LogP contribution in [-0.4, -0.2) is 41.0 Å². The van der Waals surface area contributed by atoms with Crippen molar-refractivity contribution in [3.63, 3.8) is 0 Å². The molecule has 4 aliphatic heterocycles. The number of ether oxygens (including phenoxy) is 8. The minimum absolute atomic E-state index is 0.0979. The lowest BCUT2D eigenvalue weighted by Gasteiger charge is -2.18. The second-order valence-electron chi connectivity index (χ2n) is 7.75. The molecule has 6 rings (SSSR count). The minimum atomic E-state index is -0.0979. The fourth-order valence-electron chi connectivity index (χ4n) is 4.86. The zero-order valence-corrected chi connectivity index (χ0v) is 16.7.